The van der Waals surface area contributed by atoms with Gasteiger partial charge in [-0.05, 0) is 78.7 Å². The van der Waals surface area contributed by atoms with Crippen LogP contribution in [-0.2, 0) is 4.79 Å². The maximum atomic E-state index is 11.3. The predicted octanol–water partition coefficient (Wildman–Crippen LogP) is 5.81. The minimum Gasteiger partial charge on any atom is -0.438 e. The lowest BCUT2D eigenvalue weighted by Crippen LogP contribution is -2.23. The number of nitrogens with zero attached hydrogens (tertiary/aromatic N) is 1. The molecule has 1 atom stereocenters. The molecule has 28 heavy (non-hydrogen) atoms. The summed E-state index contributed by atoms with van der Waals surface area (Å²) in [5, 5.41) is 7.25. The number of benzene rings is 2. The largest absolute Gasteiger partial charge is 0.438 e. The molecule has 1 heterocycles. The van der Waals surface area contributed by atoms with Crippen molar-refractivity contribution in [1.29, 1.82) is 0 Å². The van der Waals surface area contributed by atoms with Gasteiger partial charge < -0.3 is 15.4 Å². The van der Waals surface area contributed by atoms with Crippen LogP contribution in [0.15, 0.2) is 53.0 Å². The van der Waals surface area contributed by atoms with Crippen LogP contribution in [0.2, 0.25) is 0 Å². The highest BCUT2D eigenvalue weighted by Crippen LogP contribution is 2.32. The molecule has 0 radical (unpaired) electrons. The van der Waals surface area contributed by atoms with E-state index >= 15 is 0 Å². The van der Waals surface area contributed by atoms with Crippen molar-refractivity contribution in [2.45, 2.75) is 39.8 Å². The molecule has 1 amide bonds. The van der Waals surface area contributed by atoms with Gasteiger partial charge in [-0.1, -0.05) is 6.07 Å². The van der Waals surface area contributed by atoms with Crippen LogP contribution in [0.1, 0.15) is 39.3 Å². The Morgan fingerprint density at radius 3 is 2.54 bits per heavy atom. The summed E-state index contributed by atoms with van der Waals surface area (Å²) in [5.41, 5.74) is 2.90. The van der Waals surface area contributed by atoms with Gasteiger partial charge in [0.15, 0.2) is 0 Å². The fourth-order valence-corrected chi connectivity index (χ4v) is 3.42. The van der Waals surface area contributed by atoms with E-state index in [1.54, 1.807) is 0 Å². The van der Waals surface area contributed by atoms with E-state index in [2.05, 4.69) is 45.4 Å². The summed E-state index contributed by atoms with van der Waals surface area (Å²) >= 11 is 3.56. The molecule has 0 aliphatic heterocycles. The van der Waals surface area contributed by atoms with Gasteiger partial charge in [-0.3, -0.25) is 4.79 Å². The molecule has 2 N–H and O–H groups in total. The van der Waals surface area contributed by atoms with Crippen LogP contribution < -0.4 is 15.4 Å². The zero-order valence-electron chi connectivity index (χ0n) is 16.4. The fourth-order valence-electron chi connectivity index (χ4n) is 2.96. The van der Waals surface area contributed by atoms with E-state index in [9.17, 15) is 4.79 Å². The second-order valence-electron chi connectivity index (χ2n) is 7.07. The Labute approximate surface area is 173 Å². The van der Waals surface area contributed by atoms with Gasteiger partial charge in [0.05, 0.1) is 16.0 Å². The van der Waals surface area contributed by atoms with E-state index in [4.69, 9.17) is 4.74 Å². The van der Waals surface area contributed by atoms with Crippen molar-refractivity contribution in [3.05, 3.63) is 58.6 Å². The first-order valence-corrected chi connectivity index (χ1v) is 10.0. The molecule has 146 valence electrons. The van der Waals surface area contributed by atoms with E-state index in [1.807, 2.05) is 55.5 Å². The van der Waals surface area contributed by atoms with E-state index in [0.717, 1.165) is 26.6 Å². The zero-order valence-corrected chi connectivity index (χ0v) is 18.0. The standard InChI is InChI=1S/C22H24BrN3O2/c1-13(2)24-18-7-9-21(19(23)12-18)28-22-10-6-17-11-16(5-8-20(17)26-22)14(3)25-15(4)27/h5-14,24H,1-4H3,(H,25,27). The number of nitrogens with one attached hydrogen (secondary N) is 2. The van der Waals surface area contributed by atoms with Crippen molar-refractivity contribution in [3.63, 3.8) is 0 Å². The summed E-state index contributed by atoms with van der Waals surface area (Å²) in [6.45, 7) is 7.67. The van der Waals surface area contributed by atoms with Gasteiger partial charge in [0.2, 0.25) is 11.8 Å². The molecule has 6 heteroatoms. The molecule has 0 aliphatic carbocycles. The summed E-state index contributed by atoms with van der Waals surface area (Å²) < 4.78 is 6.83. The summed E-state index contributed by atoms with van der Waals surface area (Å²) in [7, 11) is 0. The maximum Gasteiger partial charge on any atom is 0.219 e. The Hall–Kier alpha value is -2.60. The van der Waals surface area contributed by atoms with Crippen molar-refractivity contribution in [2.24, 2.45) is 0 Å². The van der Waals surface area contributed by atoms with Crippen LogP contribution in [0.3, 0.4) is 0 Å². The maximum absolute atomic E-state index is 11.3. The Balaban J connectivity index is 1.80. The smallest absolute Gasteiger partial charge is 0.219 e. The first-order chi connectivity index (χ1) is 13.3. The molecule has 0 saturated carbocycles. The Morgan fingerprint density at radius 2 is 1.86 bits per heavy atom. The topological polar surface area (TPSA) is 63.2 Å². The molecule has 0 aliphatic rings. The molecule has 0 fully saturated rings. The van der Waals surface area contributed by atoms with Gasteiger partial charge in [-0.25, -0.2) is 4.98 Å². The SMILES string of the molecule is CC(=O)NC(C)c1ccc2nc(Oc3ccc(NC(C)C)cc3Br)ccc2c1. The third-order valence-electron chi connectivity index (χ3n) is 4.21. The molecule has 5 nitrogen and oxygen atoms in total. The molecule has 3 rings (SSSR count). The van der Waals surface area contributed by atoms with Crippen LogP contribution in [-0.4, -0.2) is 16.9 Å². The number of hydrogen-bond acceptors (Lipinski definition) is 4. The lowest BCUT2D eigenvalue weighted by molar-refractivity contribution is -0.119. The average Bonchev–Trinajstić information content (AvgIpc) is 2.62. The Morgan fingerprint density at radius 1 is 1.07 bits per heavy atom. The minimum absolute atomic E-state index is 0.0466. The Kier molecular flexibility index (Phi) is 6.19. The summed E-state index contributed by atoms with van der Waals surface area (Å²) in [4.78, 5) is 15.9. The third kappa shape index (κ3) is 5.01. The number of aromatic nitrogens is 1. The third-order valence-corrected chi connectivity index (χ3v) is 4.83. The number of carbonyl (C=O) groups is 1. The lowest BCUT2D eigenvalue weighted by atomic mass is 10.1. The minimum atomic E-state index is -0.0493. The number of amides is 1. The number of anilines is 1. The van der Waals surface area contributed by atoms with E-state index in [1.165, 1.54) is 6.92 Å². The number of ether oxygens (including phenoxy) is 1. The van der Waals surface area contributed by atoms with E-state index < -0.39 is 0 Å². The molecule has 0 saturated heterocycles. The number of fused-ring (bicyclic) bond motifs is 1. The molecule has 3 aromatic rings. The molecular weight excluding hydrogens is 418 g/mol. The number of rotatable bonds is 6. The summed E-state index contributed by atoms with van der Waals surface area (Å²) in [6.07, 6.45) is 0. The molecule has 1 unspecified atom stereocenters. The van der Waals surface area contributed by atoms with Gasteiger partial charge >= 0.3 is 0 Å². The molecular formula is C22H24BrN3O2. The van der Waals surface area contributed by atoms with Crippen LogP contribution in [0, 0.1) is 0 Å². The van der Waals surface area contributed by atoms with Gasteiger partial charge in [-0.2, -0.15) is 0 Å². The number of hydrogen-bond donors (Lipinski definition) is 2. The van der Waals surface area contributed by atoms with Crippen molar-refractivity contribution in [3.8, 4) is 11.6 Å². The first kappa shape index (κ1) is 20.1. The van der Waals surface area contributed by atoms with Crippen molar-refractivity contribution in [1.82, 2.24) is 10.3 Å². The highest BCUT2D eigenvalue weighted by Gasteiger charge is 2.10. The second kappa shape index (κ2) is 8.61. The fraction of sp³-hybridized carbons (Fsp3) is 0.273. The van der Waals surface area contributed by atoms with E-state index in [0.29, 0.717) is 17.7 Å². The van der Waals surface area contributed by atoms with Gasteiger partial charge in [-0.15, -0.1) is 0 Å². The summed E-state index contributed by atoms with van der Waals surface area (Å²) in [6, 6.07) is 16.0. The normalized spacial score (nSPS) is 12.1. The molecule has 1 aromatic heterocycles. The monoisotopic (exact) mass is 441 g/mol. The highest BCUT2D eigenvalue weighted by atomic mass is 79.9. The Bertz CT molecular complexity index is 1000. The predicted molar refractivity (Wildman–Crippen MR) is 117 cm³/mol. The van der Waals surface area contributed by atoms with Crippen molar-refractivity contribution < 1.29 is 9.53 Å². The molecule has 0 spiro atoms. The van der Waals surface area contributed by atoms with Gasteiger partial charge in [0.1, 0.15) is 5.75 Å². The number of halogens is 1. The van der Waals surface area contributed by atoms with Crippen molar-refractivity contribution in [2.75, 3.05) is 5.32 Å². The van der Waals surface area contributed by atoms with Crippen molar-refractivity contribution >= 4 is 38.4 Å². The number of carbonyl (C=O) groups excluding carboxylic acids is 1. The average molecular weight is 442 g/mol. The van der Waals surface area contributed by atoms with Crippen LogP contribution in [0.4, 0.5) is 5.69 Å². The van der Waals surface area contributed by atoms with Gasteiger partial charge in [0.25, 0.3) is 0 Å². The van der Waals surface area contributed by atoms with Gasteiger partial charge in [0, 0.05) is 30.1 Å². The second-order valence-corrected chi connectivity index (χ2v) is 7.92. The molecule has 2 aromatic carbocycles. The molecule has 0 bridgehead atoms. The highest BCUT2D eigenvalue weighted by molar-refractivity contribution is 9.10. The van der Waals surface area contributed by atoms with Crippen LogP contribution in [0.25, 0.3) is 10.9 Å². The van der Waals surface area contributed by atoms with Crippen LogP contribution >= 0.6 is 15.9 Å². The number of pyridine rings is 1. The quantitative estimate of drug-likeness (QED) is 0.506. The van der Waals surface area contributed by atoms with E-state index in [-0.39, 0.29) is 11.9 Å². The summed E-state index contributed by atoms with van der Waals surface area (Å²) in [5.74, 6) is 1.19. The van der Waals surface area contributed by atoms with Crippen LogP contribution in [0.5, 0.6) is 11.6 Å². The lowest BCUT2D eigenvalue weighted by Gasteiger charge is -2.14. The first-order valence-electron chi connectivity index (χ1n) is 9.23. The zero-order chi connectivity index (χ0) is 20.3.